The van der Waals surface area contributed by atoms with Crippen molar-refractivity contribution in [3.05, 3.63) is 114 Å². The second-order valence-electron chi connectivity index (χ2n) is 8.35. The quantitative estimate of drug-likeness (QED) is 0.299. The van der Waals surface area contributed by atoms with Gasteiger partial charge < -0.3 is 4.74 Å². The fourth-order valence-electron chi connectivity index (χ4n) is 4.55. The summed E-state index contributed by atoms with van der Waals surface area (Å²) in [4.78, 5) is 0. The van der Waals surface area contributed by atoms with Gasteiger partial charge in [-0.25, -0.2) is 0 Å². The van der Waals surface area contributed by atoms with Crippen LogP contribution in [-0.2, 0) is 4.74 Å². The molecule has 1 aliphatic rings. The van der Waals surface area contributed by atoms with Crippen LogP contribution in [0.1, 0.15) is 39.5 Å². The maximum Gasteiger partial charge on any atom is 0.143 e. The summed E-state index contributed by atoms with van der Waals surface area (Å²) in [5.74, 6) is 1.22. The van der Waals surface area contributed by atoms with Crippen LogP contribution in [0.4, 0.5) is 0 Å². The molecule has 0 atom stereocenters. The van der Waals surface area contributed by atoms with Crippen molar-refractivity contribution in [1.29, 1.82) is 0 Å². The van der Waals surface area contributed by atoms with Crippen molar-refractivity contribution >= 4 is 23.2 Å². The minimum atomic E-state index is -2.01. The van der Waals surface area contributed by atoms with Gasteiger partial charge in [-0.15, -0.1) is 0 Å². The maximum atomic E-state index is 6.51. The highest BCUT2D eigenvalue weighted by Gasteiger charge is 2.51. The van der Waals surface area contributed by atoms with E-state index in [0.717, 1.165) is 12.8 Å². The first-order valence-electron chi connectivity index (χ1n) is 11.3. The average Bonchev–Trinajstić information content (AvgIpc) is 2.82. The molecule has 0 amide bonds. The van der Waals surface area contributed by atoms with Crippen LogP contribution in [0.25, 0.3) is 0 Å². The first-order chi connectivity index (χ1) is 15.2. The first-order valence-corrected chi connectivity index (χ1v) is 13.1. The molecular weight excluding hydrogens is 395 g/mol. The van der Waals surface area contributed by atoms with Crippen molar-refractivity contribution in [1.82, 2.24) is 0 Å². The lowest BCUT2D eigenvalue weighted by molar-refractivity contribution is 0.225. The Bertz CT molecular complexity index is 935. The van der Waals surface area contributed by atoms with Gasteiger partial charge in [-0.05, 0) is 69.2 Å². The summed E-state index contributed by atoms with van der Waals surface area (Å²) in [7, 11) is -2.01. The van der Waals surface area contributed by atoms with Crippen LogP contribution in [0, 0.1) is 0 Å². The zero-order chi connectivity index (χ0) is 21.5. The van der Waals surface area contributed by atoms with Gasteiger partial charge >= 0.3 is 0 Å². The number of benzene rings is 3. The first kappa shape index (κ1) is 21.6. The molecule has 0 saturated carbocycles. The van der Waals surface area contributed by atoms with Gasteiger partial charge in [-0.1, -0.05) is 60.2 Å². The molecule has 0 unspecified atom stereocenters. The molecule has 158 valence electrons. The van der Waals surface area contributed by atoms with Crippen molar-refractivity contribution < 1.29 is 4.74 Å². The Morgan fingerprint density at radius 2 is 1.16 bits per heavy atom. The Morgan fingerprint density at radius 1 is 0.710 bits per heavy atom. The summed E-state index contributed by atoms with van der Waals surface area (Å²) in [6, 6.07) is 33.4. The lowest BCUT2D eigenvalue weighted by Crippen LogP contribution is -2.33. The Hall–Kier alpha value is -2.63. The van der Waals surface area contributed by atoms with Crippen LogP contribution in [-0.4, -0.2) is 6.61 Å². The number of hydrogen-bond acceptors (Lipinski definition) is 1. The lowest BCUT2D eigenvalue weighted by atomic mass is 10.1. The molecule has 1 nitrogen and oxygen atoms in total. The largest absolute Gasteiger partial charge is 0.490 e. The molecular formula is C29H32OP+. The summed E-state index contributed by atoms with van der Waals surface area (Å²) in [5.41, 5.74) is 1.30. The molecule has 1 aliphatic carbocycles. The molecule has 0 saturated heterocycles. The van der Waals surface area contributed by atoms with E-state index in [1.807, 2.05) is 0 Å². The van der Waals surface area contributed by atoms with Crippen LogP contribution >= 0.6 is 7.26 Å². The Morgan fingerprint density at radius 3 is 1.61 bits per heavy atom. The summed E-state index contributed by atoms with van der Waals surface area (Å²) in [6.07, 6.45) is 6.73. The third-order valence-electron chi connectivity index (χ3n) is 5.97. The maximum absolute atomic E-state index is 6.51. The standard InChI is InChI=1S/C29H32OP/c1-24(2)22-23-30-28-20-12-13-21-29(28)31(25-14-6-3-7-15-25,26-16-8-4-9-17-26)27-18-10-5-11-19-27/h3-11,14-19,22H,12-13,20-21,23H2,1-2H3/q+1. The normalized spacial score (nSPS) is 14.3. The third-order valence-corrected chi connectivity index (χ3v) is 10.5. The predicted molar refractivity (Wildman–Crippen MR) is 136 cm³/mol. The number of ether oxygens (including phenoxy) is 1. The third kappa shape index (κ3) is 4.53. The molecule has 0 fully saturated rings. The molecule has 0 radical (unpaired) electrons. The van der Waals surface area contributed by atoms with E-state index < -0.39 is 7.26 Å². The highest BCUT2D eigenvalue weighted by Crippen LogP contribution is 2.65. The Kier molecular flexibility index (Phi) is 7.05. The minimum Gasteiger partial charge on any atom is -0.490 e. The number of hydrogen-bond donors (Lipinski definition) is 0. The van der Waals surface area contributed by atoms with Crippen LogP contribution in [0.2, 0.25) is 0 Å². The van der Waals surface area contributed by atoms with Gasteiger partial charge in [0.25, 0.3) is 0 Å². The van der Waals surface area contributed by atoms with E-state index in [0.29, 0.717) is 6.61 Å². The molecule has 0 bridgehead atoms. The topological polar surface area (TPSA) is 9.23 Å². The highest BCUT2D eigenvalue weighted by atomic mass is 31.2. The van der Waals surface area contributed by atoms with E-state index in [2.05, 4.69) is 111 Å². The highest BCUT2D eigenvalue weighted by molar-refractivity contribution is 7.99. The molecule has 2 heteroatoms. The van der Waals surface area contributed by atoms with E-state index >= 15 is 0 Å². The summed E-state index contributed by atoms with van der Waals surface area (Å²) < 4.78 is 6.51. The zero-order valence-corrected chi connectivity index (χ0v) is 19.5. The van der Waals surface area contributed by atoms with E-state index in [4.69, 9.17) is 4.74 Å². The van der Waals surface area contributed by atoms with Crippen molar-refractivity contribution in [2.75, 3.05) is 6.61 Å². The fourth-order valence-corrected chi connectivity index (χ4v) is 9.28. The van der Waals surface area contributed by atoms with Gasteiger partial charge in [0.05, 0.1) is 0 Å². The van der Waals surface area contributed by atoms with Gasteiger partial charge in [-0.3, -0.25) is 0 Å². The Balaban J connectivity index is 2.01. The van der Waals surface area contributed by atoms with Gasteiger partial charge in [0, 0.05) is 12.8 Å². The van der Waals surface area contributed by atoms with Crippen molar-refractivity contribution in [2.24, 2.45) is 0 Å². The van der Waals surface area contributed by atoms with Gasteiger partial charge in [0.1, 0.15) is 40.9 Å². The van der Waals surface area contributed by atoms with Gasteiger partial charge in [0.15, 0.2) is 0 Å². The molecule has 4 rings (SSSR count). The van der Waals surface area contributed by atoms with Crippen LogP contribution in [0.5, 0.6) is 0 Å². The van der Waals surface area contributed by atoms with E-state index in [1.165, 1.54) is 45.4 Å². The monoisotopic (exact) mass is 427 g/mol. The zero-order valence-electron chi connectivity index (χ0n) is 18.6. The smallest absolute Gasteiger partial charge is 0.143 e. The second kappa shape index (κ2) is 10.1. The van der Waals surface area contributed by atoms with Crippen molar-refractivity contribution in [3.63, 3.8) is 0 Å². The summed E-state index contributed by atoms with van der Waals surface area (Å²) in [6.45, 7) is 4.92. The fraction of sp³-hybridized carbons (Fsp3) is 0.241. The molecule has 0 spiro atoms. The van der Waals surface area contributed by atoms with Crippen molar-refractivity contribution in [3.8, 4) is 0 Å². The summed E-state index contributed by atoms with van der Waals surface area (Å²) in [5, 5.41) is 5.75. The van der Waals surface area contributed by atoms with Gasteiger partial charge in [0.2, 0.25) is 0 Å². The minimum absolute atomic E-state index is 0.652. The van der Waals surface area contributed by atoms with E-state index in [1.54, 1.807) is 0 Å². The SMILES string of the molecule is CC(C)=CCOC1=C([P+](c2ccccc2)(c2ccccc2)c2ccccc2)CCCC1. The summed E-state index contributed by atoms with van der Waals surface area (Å²) >= 11 is 0. The number of allylic oxidation sites excluding steroid dienone is 3. The second-order valence-corrected chi connectivity index (χ2v) is 11.8. The molecule has 0 aromatic heterocycles. The van der Waals surface area contributed by atoms with Gasteiger partial charge in [-0.2, -0.15) is 0 Å². The lowest BCUT2D eigenvalue weighted by Gasteiger charge is -2.33. The molecule has 3 aromatic rings. The molecule has 0 N–H and O–H groups in total. The average molecular weight is 428 g/mol. The number of rotatable bonds is 7. The van der Waals surface area contributed by atoms with Crippen LogP contribution < -0.4 is 15.9 Å². The molecule has 0 aliphatic heterocycles. The van der Waals surface area contributed by atoms with Crippen LogP contribution in [0.15, 0.2) is 114 Å². The molecule has 3 aromatic carbocycles. The van der Waals surface area contributed by atoms with Crippen molar-refractivity contribution in [2.45, 2.75) is 39.5 Å². The van der Waals surface area contributed by atoms with E-state index in [9.17, 15) is 0 Å². The predicted octanol–water partition coefficient (Wildman–Crippen LogP) is 6.75. The molecule has 0 heterocycles. The van der Waals surface area contributed by atoms with Crippen LogP contribution in [0.3, 0.4) is 0 Å². The van der Waals surface area contributed by atoms with E-state index in [-0.39, 0.29) is 0 Å². The molecule has 31 heavy (non-hydrogen) atoms. The Labute approximate surface area is 187 Å².